The molecule has 0 atom stereocenters. The molecule has 0 spiro atoms. The van der Waals surface area contributed by atoms with Crippen LogP contribution in [0.5, 0.6) is 0 Å². The number of nitro benzene ring substituents is 1. The van der Waals surface area contributed by atoms with Crippen LogP contribution < -0.4 is 0 Å². The lowest BCUT2D eigenvalue weighted by molar-refractivity contribution is -0.385. The van der Waals surface area contributed by atoms with Crippen molar-refractivity contribution in [2.24, 2.45) is 0 Å². The van der Waals surface area contributed by atoms with Crippen molar-refractivity contribution >= 4 is 29.1 Å². The fourth-order valence-electron chi connectivity index (χ4n) is 2.65. The molecular weight excluding hydrogens is 302 g/mol. The quantitative estimate of drug-likeness (QED) is 0.467. The van der Waals surface area contributed by atoms with Crippen LogP contribution in [0.4, 0.5) is 5.69 Å². The lowest BCUT2D eigenvalue weighted by Gasteiger charge is -2.17. The van der Waals surface area contributed by atoms with Gasteiger partial charge in [-0.05, 0) is 36.6 Å². The zero-order valence-electron chi connectivity index (χ0n) is 11.6. The number of Topliss-reactive ketones (excluding diaryl/α,β-unsaturated/α-hetero) is 1. The maximum atomic E-state index is 12.5. The number of halogens is 1. The Bertz CT molecular complexity index is 811. The molecule has 1 aliphatic carbocycles. The molecule has 1 aliphatic rings. The Labute approximate surface area is 132 Å². The van der Waals surface area contributed by atoms with E-state index >= 15 is 0 Å². The number of aryl methyl sites for hydroxylation is 1. The highest BCUT2D eigenvalue weighted by Gasteiger charge is 2.22. The molecule has 3 rings (SSSR count). The minimum Gasteiger partial charge on any atom is -0.289 e. The van der Waals surface area contributed by atoms with E-state index in [0.717, 1.165) is 12.0 Å². The molecule has 0 aromatic heterocycles. The van der Waals surface area contributed by atoms with Crippen molar-refractivity contribution in [2.45, 2.75) is 12.8 Å². The van der Waals surface area contributed by atoms with E-state index in [0.29, 0.717) is 28.1 Å². The zero-order valence-corrected chi connectivity index (χ0v) is 12.3. The summed E-state index contributed by atoms with van der Waals surface area (Å²) < 4.78 is 0. The fourth-order valence-corrected chi connectivity index (χ4v) is 2.83. The van der Waals surface area contributed by atoms with Gasteiger partial charge in [0.25, 0.3) is 5.69 Å². The number of hydrogen-bond donors (Lipinski definition) is 0. The second-order valence-corrected chi connectivity index (χ2v) is 5.55. The van der Waals surface area contributed by atoms with Gasteiger partial charge in [-0.15, -0.1) is 0 Å². The van der Waals surface area contributed by atoms with Crippen LogP contribution in [-0.4, -0.2) is 10.7 Å². The van der Waals surface area contributed by atoms with Gasteiger partial charge in [0.15, 0.2) is 5.78 Å². The largest absolute Gasteiger partial charge is 0.289 e. The normalized spacial score (nSPS) is 15.7. The molecule has 22 heavy (non-hydrogen) atoms. The van der Waals surface area contributed by atoms with Crippen molar-refractivity contribution in [3.05, 3.63) is 79.9 Å². The predicted octanol–water partition coefficient (Wildman–Crippen LogP) is 4.46. The number of benzene rings is 2. The van der Waals surface area contributed by atoms with Gasteiger partial charge in [0.2, 0.25) is 0 Å². The van der Waals surface area contributed by atoms with Gasteiger partial charge in [-0.2, -0.15) is 0 Å². The Balaban J connectivity index is 2.06. The Morgan fingerprint density at radius 3 is 2.68 bits per heavy atom. The van der Waals surface area contributed by atoms with Gasteiger partial charge in [0, 0.05) is 22.2 Å². The molecular formula is C17H12ClNO3. The molecule has 0 unspecified atom stereocenters. The van der Waals surface area contributed by atoms with Gasteiger partial charge in [0.1, 0.15) is 0 Å². The molecule has 0 fully saturated rings. The monoisotopic (exact) mass is 313 g/mol. The molecule has 2 aromatic rings. The first-order valence-electron chi connectivity index (χ1n) is 6.83. The molecule has 0 heterocycles. The molecule has 0 radical (unpaired) electrons. The Kier molecular flexibility index (Phi) is 3.77. The number of hydrogen-bond acceptors (Lipinski definition) is 3. The Morgan fingerprint density at radius 1 is 1.14 bits per heavy atom. The highest BCUT2D eigenvalue weighted by Crippen LogP contribution is 2.30. The number of carbonyl (C=O) groups is 1. The minimum atomic E-state index is -0.468. The van der Waals surface area contributed by atoms with Crippen LogP contribution >= 0.6 is 11.6 Å². The summed E-state index contributed by atoms with van der Waals surface area (Å²) in [6, 6.07) is 11.8. The zero-order chi connectivity index (χ0) is 15.7. The summed E-state index contributed by atoms with van der Waals surface area (Å²) in [5, 5.41) is 11.5. The maximum Gasteiger partial charge on any atom is 0.276 e. The Hall–Kier alpha value is -2.46. The lowest BCUT2D eigenvalue weighted by Crippen LogP contribution is -2.13. The molecule has 0 saturated carbocycles. The lowest BCUT2D eigenvalue weighted by atomic mass is 9.86. The molecule has 110 valence electrons. The Morgan fingerprint density at radius 2 is 1.91 bits per heavy atom. The second kappa shape index (κ2) is 5.73. The van der Waals surface area contributed by atoms with Gasteiger partial charge in [-0.25, -0.2) is 0 Å². The minimum absolute atomic E-state index is 0.0523. The van der Waals surface area contributed by atoms with Crippen LogP contribution in [-0.2, 0) is 6.42 Å². The molecule has 4 nitrogen and oxygen atoms in total. The third-order valence-corrected chi connectivity index (χ3v) is 3.97. The van der Waals surface area contributed by atoms with Crippen LogP contribution in [0.15, 0.2) is 48.0 Å². The fraction of sp³-hybridized carbons (Fsp3) is 0.118. The van der Waals surface area contributed by atoms with Gasteiger partial charge in [-0.3, -0.25) is 14.9 Å². The molecule has 0 N–H and O–H groups in total. The van der Waals surface area contributed by atoms with Crippen LogP contribution in [0.1, 0.15) is 27.9 Å². The molecule has 0 aliphatic heterocycles. The van der Waals surface area contributed by atoms with E-state index in [9.17, 15) is 14.9 Å². The van der Waals surface area contributed by atoms with E-state index in [1.165, 1.54) is 18.2 Å². The smallest absolute Gasteiger partial charge is 0.276 e. The predicted molar refractivity (Wildman–Crippen MR) is 85.2 cm³/mol. The summed E-state index contributed by atoms with van der Waals surface area (Å²) in [4.78, 5) is 23.2. The summed E-state index contributed by atoms with van der Waals surface area (Å²) in [6.45, 7) is 0. The number of rotatable bonds is 2. The number of fused-ring (bicyclic) bond motifs is 1. The average Bonchev–Trinajstić information content (AvgIpc) is 2.50. The van der Waals surface area contributed by atoms with Crippen LogP contribution in [0.3, 0.4) is 0 Å². The van der Waals surface area contributed by atoms with Gasteiger partial charge < -0.3 is 0 Å². The first kappa shape index (κ1) is 14.5. The topological polar surface area (TPSA) is 60.2 Å². The van der Waals surface area contributed by atoms with Crippen molar-refractivity contribution in [2.75, 3.05) is 0 Å². The number of nitro groups is 1. The van der Waals surface area contributed by atoms with Crippen LogP contribution in [0.2, 0.25) is 5.02 Å². The van der Waals surface area contributed by atoms with Crippen LogP contribution in [0, 0.1) is 10.1 Å². The summed E-state index contributed by atoms with van der Waals surface area (Å²) in [5.41, 5.74) is 2.57. The summed E-state index contributed by atoms with van der Waals surface area (Å²) in [5.74, 6) is -0.0730. The van der Waals surface area contributed by atoms with Crippen LogP contribution in [0.25, 0.3) is 6.08 Å². The van der Waals surface area contributed by atoms with E-state index in [4.69, 9.17) is 11.6 Å². The molecule has 0 bridgehead atoms. The first-order chi connectivity index (χ1) is 10.6. The van der Waals surface area contributed by atoms with E-state index < -0.39 is 4.92 Å². The van der Waals surface area contributed by atoms with E-state index in [1.54, 1.807) is 12.1 Å². The summed E-state index contributed by atoms with van der Waals surface area (Å²) >= 11 is 5.92. The van der Waals surface area contributed by atoms with Crippen molar-refractivity contribution in [3.8, 4) is 0 Å². The van der Waals surface area contributed by atoms with Gasteiger partial charge in [0.05, 0.1) is 10.5 Å². The van der Waals surface area contributed by atoms with E-state index in [1.807, 2.05) is 18.2 Å². The van der Waals surface area contributed by atoms with E-state index in [2.05, 4.69) is 0 Å². The summed E-state index contributed by atoms with van der Waals surface area (Å²) in [6.07, 6.45) is 2.91. The van der Waals surface area contributed by atoms with Crippen molar-refractivity contribution < 1.29 is 9.72 Å². The number of nitrogens with zero attached hydrogens (tertiary/aromatic N) is 1. The SMILES string of the molecule is O=C1/C(=C/c2cc(Cl)ccc2[N+](=O)[O-])CCc2ccccc21. The number of ketones is 1. The number of carbonyl (C=O) groups excluding carboxylic acids is 1. The maximum absolute atomic E-state index is 12.5. The van der Waals surface area contributed by atoms with Crippen molar-refractivity contribution in [1.29, 1.82) is 0 Å². The number of allylic oxidation sites excluding steroid dienone is 1. The van der Waals surface area contributed by atoms with Gasteiger partial charge in [-0.1, -0.05) is 35.9 Å². The molecule has 0 amide bonds. The highest BCUT2D eigenvalue weighted by molar-refractivity contribution is 6.30. The molecule has 2 aromatic carbocycles. The summed E-state index contributed by atoms with van der Waals surface area (Å²) in [7, 11) is 0. The standard InChI is InChI=1S/C17H12ClNO3/c18-14-7-8-16(19(21)22)13(10-14)9-12-6-5-11-3-1-2-4-15(11)17(12)20/h1-4,7-10H,5-6H2/b12-9+. The molecule has 0 saturated heterocycles. The highest BCUT2D eigenvalue weighted by atomic mass is 35.5. The third-order valence-electron chi connectivity index (χ3n) is 3.73. The first-order valence-corrected chi connectivity index (χ1v) is 7.21. The van der Waals surface area contributed by atoms with Crippen molar-refractivity contribution in [1.82, 2.24) is 0 Å². The average molecular weight is 314 g/mol. The van der Waals surface area contributed by atoms with E-state index in [-0.39, 0.29) is 11.5 Å². The van der Waals surface area contributed by atoms with Gasteiger partial charge >= 0.3 is 0 Å². The third kappa shape index (κ3) is 2.65. The van der Waals surface area contributed by atoms with Crippen molar-refractivity contribution in [3.63, 3.8) is 0 Å². The molecule has 5 heteroatoms. The second-order valence-electron chi connectivity index (χ2n) is 5.12.